The average Bonchev–Trinajstić information content (AvgIpc) is 2.34. The summed E-state index contributed by atoms with van der Waals surface area (Å²) in [5.74, 6) is -1.19. The summed E-state index contributed by atoms with van der Waals surface area (Å²) in [5, 5.41) is 9.91. The van der Waals surface area contributed by atoms with Gasteiger partial charge in [0.25, 0.3) is 10.1 Å². The van der Waals surface area contributed by atoms with Gasteiger partial charge < -0.3 is 14.8 Å². The first-order valence-corrected chi connectivity index (χ1v) is 8.45. The largest absolute Gasteiger partial charge is 0.545 e. The molecule has 0 amide bonds. The summed E-state index contributed by atoms with van der Waals surface area (Å²) in [4.78, 5) is 11.3. The molecule has 0 heterocycles. The Balaban J connectivity index is 0. The Labute approximate surface area is 122 Å². The predicted molar refractivity (Wildman–Crippen MR) is 77.0 cm³/mol. The van der Waals surface area contributed by atoms with Crippen molar-refractivity contribution in [3.8, 4) is 0 Å². The van der Waals surface area contributed by atoms with E-state index < -0.39 is 16.1 Å². The number of aliphatic carboxylic acids is 1. The van der Waals surface area contributed by atoms with Gasteiger partial charge in [0.1, 0.15) is 0 Å². The molecule has 0 aromatic heterocycles. The summed E-state index contributed by atoms with van der Waals surface area (Å²) in [6.07, 6.45) is 2.91. The number of rotatable bonds is 8. The SMILES string of the molecule is CCC=C(C)C(=O)[O-].CC[NH+](CC)CCCS(=O)(=O)O. The van der Waals surface area contributed by atoms with Gasteiger partial charge in [0.2, 0.25) is 0 Å². The maximum Gasteiger partial charge on any atom is 0.265 e. The molecule has 0 aliphatic heterocycles. The van der Waals surface area contributed by atoms with E-state index >= 15 is 0 Å². The molecular formula is C13H27NO5S. The molecule has 120 valence electrons. The van der Waals surface area contributed by atoms with Crippen molar-refractivity contribution in [3.63, 3.8) is 0 Å². The first-order chi connectivity index (χ1) is 9.17. The Morgan fingerprint density at radius 2 is 1.75 bits per heavy atom. The number of carboxylic acids is 1. The minimum absolute atomic E-state index is 0.115. The molecule has 0 unspecified atom stereocenters. The van der Waals surface area contributed by atoms with Crippen molar-refractivity contribution in [2.24, 2.45) is 0 Å². The number of hydrogen-bond donors (Lipinski definition) is 2. The van der Waals surface area contributed by atoms with Crippen LogP contribution in [-0.2, 0) is 14.9 Å². The number of carbonyl (C=O) groups is 1. The van der Waals surface area contributed by atoms with Gasteiger partial charge in [-0.1, -0.05) is 13.0 Å². The van der Waals surface area contributed by atoms with E-state index in [2.05, 4.69) is 13.8 Å². The number of carbonyl (C=O) groups excluding carboxylic acids is 1. The highest BCUT2D eigenvalue weighted by Crippen LogP contribution is 1.90. The summed E-state index contributed by atoms with van der Waals surface area (Å²) < 4.78 is 29.1. The second-order valence-electron chi connectivity index (χ2n) is 4.43. The minimum Gasteiger partial charge on any atom is -0.545 e. The second kappa shape index (κ2) is 11.9. The molecule has 0 radical (unpaired) electrons. The fraction of sp³-hybridized carbons (Fsp3) is 0.769. The number of quaternary nitrogens is 1. The maximum absolute atomic E-state index is 10.3. The molecule has 2 N–H and O–H groups in total. The summed E-state index contributed by atoms with van der Waals surface area (Å²) in [7, 11) is -3.75. The maximum atomic E-state index is 10.3. The summed E-state index contributed by atoms with van der Waals surface area (Å²) in [6.45, 7) is 10.3. The number of allylic oxidation sites excluding steroid dienone is 1. The Morgan fingerprint density at radius 1 is 1.25 bits per heavy atom. The summed E-state index contributed by atoms with van der Waals surface area (Å²) in [6, 6.07) is 0. The van der Waals surface area contributed by atoms with Crippen LogP contribution in [0, 0.1) is 0 Å². The zero-order valence-corrected chi connectivity index (χ0v) is 13.6. The Hall–Kier alpha value is -0.920. The molecule has 20 heavy (non-hydrogen) atoms. The molecule has 0 bridgehead atoms. The van der Waals surface area contributed by atoms with Crippen molar-refractivity contribution in [2.75, 3.05) is 25.4 Å². The molecule has 0 atom stereocenters. The van der Waals surface area contributed by atoms with Gasteiger partial charge in [-0.2, -0.15) is 8.42 Å². The van der Waals surface area contributed by atoms with Gasteiger partial charge in [0.15, 0.2) is 0 Å². The van der Waals surface area contributed by atoms with Gasteiger partial charge in [-0.15, -0.1) is 0 Å². The number of carboxylic acid groups (broad SMARTS) is 1. The van der Waals surface area contributed by atoms with Crippen molar-refractivity contribution in [3.05, 3.63) is 11.6 Å². The van der Waals surface area contributed by atoms with E-state index in [0.29, 0.717) is 12.0 Å². The Kier molecular flexibility index (Phi) is 12.7. The standard InChI is InChI=1S/C7H17NO3S.C6H10O2/c1-3-8(4-2)6-5-7-12(9,10)11;1-3-4-5(2)6(7)8/h3-7H2,1-2H3,(H,9,10,11);4H,3H2,1-2H3,(H,7,8). The van der Waals surface area contributed by atoms with Gasteiger partial charge in [-0.3, -0.25) is 4.55 Å². The van der Waals surface area contributed by atoms with Crippen molar-refractivity contribution in [2.45, 2.75) is 40.5 Å². The van der Waals surface area contributed by atoms with Crippen LogP contribution in [0.4, 0.5) is 0 Å². The van der Waals surface area contributed by atoms with Gasteiger partial charge in [-0.25, -0.2) is 0 Å². The average molecular weight is 309 g/mol. The lowest BCUT2D eigenvalue weighted by Crippen LogP contribution is -3.11. The second-order valence-corrected chi connectivity index (χ2v) is 6.00. The van der Waals surface area contributed by atoms with E-state index in [0.717, 1.165) is 26.1 Å². The van der Waals surface area contributed by atoms with E-state index in [9.17, 15) is 18.3 Å². The zero-order valence-electron chi connectivity index (χ0n) is 12.8. The van der Waals surface area contributed by atoms with E-state index in [1.165, 1.54) is 11.8 Å². The summed E-state index contributed by atoms with van der Waals surface area (Å²) in [5.41, 5.74) is 0.313. The lowest BCUT2D eigenvalue weighted by molar-refractivity contribution is -0.896. The molecule has 0 rings (SSSR count). The zero-order chi connectivity index (χ0) is 16.2. The van der Waals surface area contributed by atoms with Gasteiger partial charge in [0, 0.05) is 6.42 Å². The van der Waals surface area contributed by atoms with Crippen LogP contribution in [0.2, 0.25) is 0 Å². The minimum atomic E-state index is -3.75. The third-order valence-electron chi connectivity index (χ3n) is 2.76. The van der Waals surface area contributed by atoms with Crippen LogP contribution in [0.3, 0.4) is 0 Å². The summed E-state index contributed by atoms with van der Waals surface area (Å²) >= 11 is 0. The van der Waals surface area contributed by atoms with E-state index in [4.69, 9.17) is 4.55 Å². The van der Waals surface area contributed by atoms with Crippen molar-refractivity contribution < 1.29 is 27.8 Å². The highest BCUT2D eigenvalue weighted by molar-refractivity contribution is 7.85. The van der Waals surface area contributed by atoms with E-state index in [-0.39, 0.29) is 5.75 Å². The quantitative estimate of drug-likeness (QED) is 0.455. The first kappa shape index (κ1) is 21.4. The number of hydrogen-bond acceptors (Lipinski definition) is 4. The van der Waals surface area contributed by atoms with Crippen molar-refractivity contribution in [1.29, 1.82) is 0 Å². The van der Waals surface area contributed by atoms with Gasteiger partial charge >= 0.3 is 0 Å². The monoisotopic (exact) mass is 309 g/mol. The molecule has 6 nitrogen and oxygen atoms in total. The molecule has 0 aliphatic rings. The van der Waals surface area contributed by atoms with Crippen LogP contribution in [-0.4, -0.2) is 44.3 Å². The first-order valence-electron chi connectivity index (χ1n) is 6.84. The van der Waals surface area contributed by atoms with Crippen LogP contribution >= 0.6 is 0 Å². The predicted octanol–water partition coefficient (Wildman–Crippen LogP) is -0.718. The molecule has 0 fully saturated rings. The third kappa shape index (κ3) is 15.1. The van der Waals surface area contributed by atoms with Crippen LogP contribution in [0.1, 0.15) is 40.5 Å². The smallest absolute Gasteiger partial charge is 0.265 e. The number of nitrogens with one attached hydrogen (secondary N) is 1. The van der Waals surface area contributed by atoms with Crippen LogP contribution in [0.25, 0.3) is 0 Å². The molecule has 0 aromatic carbocycles. The van der Waals surface area contributed by atoms with Crippen LogP contribution in [0.5, 0.6) is 0 Å². The van der Waals surface area contributed by atoms with E-state index in [1.54, 1.807) is 6.08 Å². The molecule has 0 aliphatic carbocycles. The molecule has 0 spiro atoms. The normalized spacial score (nSPS) is 12.0. The highest BCUT2D eigenvalue weighted by Gasteiger charge is 2.07. The van der Waals surface area contributed by atoms with Crippen molar-refractivity contribution >= 4 is 16.1 Å². The van der Waals surface area contributed by atoms with Gasteiger partial charge in [0.05, 0.1) is 31.4 Å². The third-order valence-corrected chi connectivity index (χ3v) is 3.57. The highest BCUT2D eigenvalue weighted by atomic mass is 32.2. The lowest BCUT2D eigenvalue weighted by atomic mass is 10.2. The molecule has 0 saturated heterocycles. The van der Waals surface area contributed by atoms with E-state index in [1.807, 2.05) is 6.92 Å². The topological polar surface area (TPSA) is 98.9 Å². The van der Waals surface area contributed by atoms with Crippen molar-refractivity contribution in [1.82, 2.24) is 0 Å². The molecule has 7 heteroatoms. The lowest BCUT2D eigenvalue weighted by Gasteiger charge is -2.14. The molecule has 0 aromatic rings. The Bertz CT molecular complexity index is 386. The Morgan fingerprint density at radius 3 is 2.00 bits per heavy atom. The molecule has 0 saturated carbocycles. The van der Waals surface area contributed by atoms with Crippen LogP contribution < -0.4 is 10.0 Å². The van der Waals surface area contributed by atoms with Crippen LogP contribution in [0.15, 0.2) is 11.6 Å². The fourth-order valence-corrected chi connectivity index (χ4v) is 2.01. The molecular weight excluding hydrogens is 282 g/mol. The van der Waals surface area contributed by atoms with Gasteiger partial charge in [-0.05, 0) is 32.8 Å². The fourth-order valence-electron chi connectivity index (χ4n) is 1.50.